The van der Waals surface area contributed by atoms with Gasteiger partial charge >= 0.3 is 0 Å². The molecule has 5 rings (SSSR count). The van der Waals surface area contributed by atoms with E-state index in [4.69, 9.17) is 23.4 Å². The fourth-order valence-electron chi connectivity index (χ4n) is 4.84. The Morgan fingerprint density at radius 1 is 0.744 bits per heavy atom. The van der Waals surface area contributed by atoms with Crippen LogP contribution in [0.4, 0.5) is 0 Å². The van der Waals surface area contributed by atoms with E-state index in [1.165, 1.54) is 13.0 Å². The fourth-order valence-corrected chi connectivity index (χ4v) is 4.84. The lowest BCUT2D eigenvalue weighted by molar-refractivity contribution is -0.318. The maximum absolute atomic E-state index is 13.6. The van der Waals surface area contributed by atoms with Crippen molar-refractivity contribution >= 4 is 11.0 Å². The highest BCUT2D eigenvalue weighted by molar-refractivity contribution is 5.88. The molecule has 0 aliphatic carbocycles. The lowest BCUT2D eigenvalue weighted by Crippen LogP contribution is -2.61. The molecule has 1 unspecified atom stereocenters. The van der Waals surface area contributed by atoms with Crippen molar-refractivity contribution in [1.29, 1.82) is 0 Å². The zero-order valence-corrected chi connectivity index (χ0v) is 22.3. The third-order valence-corrected chi connectivity index (χ3v) is 7.29. The van der Waals surface area contributed by atoms with E-state index in [9.17, 15) is 55.9 Å². The minimum atomic E-state index is -1.97. The normalized spacial score (nSPS) is 33.0. The Bertz CT molecular complexity index is 1540. The summed E-state index contributed by atoms with van der Waals surface area (Å²) in [5.41, 5.74) is -1.35. The average molecular weight is 611 g/mol. The summed E-state index contributed by atoms with van der Waals surface area (Å²) in [4.78, 5) is 13.6. The highest BCUT2D eigenvalue weighted by Crippen LogP contribution is 2.39. The maximum atomic E-state index is 13.6. The molecule has 2 saturated heterocycles. The molecule has 2 aliphatic heterocycles. The smallest absolute Gasteiger partial charge is 0.239 e. The predicted molar refractivity (Wildman–Crippen MR) is 140 cm³/mol. The number of phenols is 4. The van der Waals surface area contributed by atoms with Crippen molar-refractivity contribution < 1.29 is 74.4 Å². The van der Waals surface area contributed by atoms with Crippen LogP contribution in [0, 0.1) is 0 Å². The molecule has 0 saturated carbocycles. The lowest BCUT2D eigenvalue weighted by atomic mass is 9.98. The van der Waals surface area contributed by atoms with E-state index < -0.39 is 113 Å². The number of ether oxygens (including phenoxy) is 4. The molecular weight excluding hydrogens is 580 g/mol. The summed E-state index contributed by atoms with van der Waals surface area (Å²) in [5, 5.41) is 101. The number of rotatable bonds is 6. The van der Waals surface area contributed by atoms with Crippen molar-refractivity contribution in [2.24, 2.45) is 0 Å². The first-order chi connectivity index (χ1) is 20.3. The molecule has 16 nitrogen and oxygen atoms in total. The van der Waals surface area contributed by atoms with E-state index in [0.29, 0.717) is 0 Å². The molecule has 1 aromatic heterocycles. The van der Waals surface area contributed by atoms with Crippen LogP contribution in [0.5, 0.6) is 28.7 Å². The van der Waals surface area contributed by atoms with Crippen molar-refractivity contribution in [3.05, 3.63) is 40.6 Å². The third-order valence-electron chi connectivity index (χ3n) is 7.29. The molecule has 0 bridgehead atoms. The Hall–Kier alpha value is -3.71. The number of hydrogen-bond donors (Lipinski definition) is 10. The van der Waals surface area contributed by atoms with Gasteiger partial charge in [0, 0.05) is 17.7 Å². The van der Waals surface area contributed by atoms with Gasteiger partial charge in [-0.25, -0.2) is 0 Å². The molecule has 16 heteroatoms. The number of aliphatic hydroxyl groups is 6. The van der Waals surface area contributed by atoms with Crippen molar-refractivity contribution in [3.63, 3.8) is 0 Å². The second kappa shape index (κ2) is 11.8. The van der Waals surface area contributed by atoms with E-state index in [1.54, 1.807) is 0 Å². The topological polar surface area (TPSA) is 269 Å². The molecule has 0 spiro atoms. The van der Waals surface area contributed by atoms with Crippen molar-refractivity contribution in [3.8, 4) is 40.1 Å². The number of fused-ring (bicyclic) bond motifs is 1. The number of benzene rings is 2. The van der Waals surface area contributed by atoms with Gasteiger partial charge in [0.1, 0.15) is 65.2 Å². The van der Waals surface area contributed by atoms with Crippen LogP contribution in [0.2, 0.25) is 0 Å². The monoisotopic (exact) mass is 610 g/mol. The van der Waals surface area contributed by atoms with E-state index in [1.807, 2.05) is 0 Å². The molecule has 0 radical (unpaired) electrons. The van der Waals surface area contributed by atoms with Crippen LogP contribution in [0.25, 0.3) is 22.3 Å². The number of hydrogen-bond acceptors (Lipinski definition) is 16. The summed E-state index contributed by atoms with van der Waals surface area (Å²) in [5.74, 6) is -3.33. The summed E-state index contributed by atoms with van der Waals surface area (Å²) >= 11 is 0. The van der Waals surface area contributed by atoms with Gasteiger partial charge in [0.15, 0.2) is 23.5 Å². The highest BCUT2D eigenvalue weighted by Gasteiger charge is 2.47. The molecule has 234 valence electrons. The zero-order valence-electron chi connectivity index (χ0n) is 22.3. The Balaban J connectivity index is 1.48. The van der Waals surface area contributed by atoms with E-state index in [-0.39, 0.29) is 11.1 Å². The molecule has 0 amide bonds. The quantitative estimate of drug-likeness (QED) is 0.140. The van der Waals surface area contributed by atoms with Gasteiger partial charge in [-0.15, -0.1) is 0 Å². The standard InChI is InChI=1S/C27H30O16/c1-8-17(32)20(35)22(37)26(40-8)39-7-15-18(33)21(36)23(38)27(42-15)43-25-19(34)16-13(31)5-10(28)6-14(16)41-24(25)9-2-3-11(29)12(30)4-9/h2-6,8,15,17-18,20-23,26-33,35-38H,7H2,1H3/t8-,15?,17-,18+,20+,21-,22+,23+,26+,27-/m0/s1. The van der Waals surface area contributed by atoms with Crippen LogP contribution in [-0.4, -0.2) is 119 Å². The maximum Gasteiger partial charge on any atom is 0.239 e. The molecule has 2 aromatic carbocycles. The SMILES string of the molecule is C[C@@H]1O[C@@H](OCC2O[C@@H](Oc3c(-c4ccc(O)c(O)c4)oc4cc(O)cc(O)c4c3=O)[C@H](O)[C@@H](O)[C@@H]2O)[C@H](O)[C@H](O)[C@H]1O. The van der Waals surface area contributed by atoms with Crippen molar-refractivity contribution in [2.45, 2.75) is 68.3 Å². The first-order valence-corrected chi connectivity index (χ1v) is 13.0. The van der Waals surface area contributed by atoms with Crippen molar-refractivity contribution in [1.82, 2.24) is 0 Å². The third kappa shape index (κ3) is 5.67. The number of aliphatic hydroxyl groups excluding tert-OH is 6. The molecule has 3 aromatic rings. The molecular formula is C27H30O16. The minimum Gasteiger partial charge on any atom is -0.508 e. The Morgan fingerprint density at radius 3 is 2.12 bits per heavy atom. The Kier molecular flexibility index (Phi) is 8.41. The Labute approximate surface area is 241 Å². The molecule has 43 heavy (non-hydrogen) atoms. The predicted octanol–water partition coefficient (Wildman–Crippen LogP) is -1.69. The summed E-state index contributed by atoms with van der Waals surface area (Å²) in [6.07, 6.45) is -16.2. The highest BCUT2D eigenvalue weighted by atomic mass is 16.7. The van der Waals surface area contributed by atoms with Crippen molar-refractivity contribution in [2.75, 3.05) is 6.61 Å². The summed E-state index contributed by atoms with van der Waals surface area (Å²) in [7, 11) is 0. The van der Waals surface area contributed by atoms with E-state index >= 15 is 0 Å². The van der Waals surface area contributed by atoms with Gasteiger partial charge in [0.2, 0.25) is 17.5 Å². The van der Waals surface area contributed by atoms with Crippen LogP contribution < -0.4 is 10.2 Å². The second-order valence-electron chi connectivity index (χ2n) is 10.3. The van der Waals surface area contributed by atoms with Gasteiger partial charge in [0.25, 0.3) is 0 Å². The first-order valence-electron chi connectivity index (χ1n) is 13.0. The fraction of sp³-hybridized carbons (Fsp3) is 0.444. The number of phenolic OH excluding ortho intramolecular Hbond substituents is 4. The van der Waals surface area contributed by atoms with Gasteiger partial charge in [-0.1, -0.05) is 0 Å². The second-order valence-corrected chi connectivity index (χ2v) is 10.3. The van der Waals surface area contributed by atoms with Gasteiger partial charge in [-0.3, -0.25) is 4.79 Å². The summed E-state index contributed by atoms with van der Waals surface area (Å²) in [6, 6.07) is 5.24. The van der Waals surface area contributed by atoms with Gasteiger partial charge in [-0.2, -0.15) is 0 Å². The largest absolute Gasteiger partial charge is 0.508 e. The van der Waals surface area contributed by atoms with Gasteiger partial charge in [-0.05, 0) is 25.1 Å². The average Bonchev–Trinajstić information content (AvgIpc) is 2.96. The molecule has 10 atom stereocenters. The summed E-state index contributed by atoms with van der Waals surface area (Å²) in [6.45, 7) is 0.818. The summed E-state index contributed by atoms with van der Waals surface area (Å²) < 4.78 is 27.8. The zero-order chi connectivity index (χ0) is 31.3. The first kappa shape index (κ1) is 30.7. The van der Waals surface area contributed by atoms with Crippen LogP contribution >= 0.6 is 0 Å². The molecule has 2 fully saturated rings. The Morgan fingerprint density at radius 2 is 1.42 bits per heavy atom. The lowest BCUT2D eigenvalue weighted by Gasteiger charge is -2.42. The van der Waals surface area contributed by atoms with Gasteiger partial charge < -0.3 is 74.4 Å². The number of aromatic hydroxyl groups is 4. The van der Waals surface area contributed by atoms with Crippen LogP contribution in [0.15, 0.2) is 39.5 Å². The van der Waals surface area contributed by atoms with Crippen LogP contribution in [-0.2, 0) is 14.2 Å². The molecule has 3 heterocycles. The van der Waals surface area contributed by atoms with Gasteiger partial charge in [0.05, 0.1) is 12.7 Å². The molecule has 10 N–H and O–H groups in total. The minimum absolute atomic E-state index is 0.0313. The molecule has 2 aliphatic rings. The van der Waals surface area contributed by atoms with E-state index in [2.05, 4.69) is 0 Å². The van der Waals surface area contributed by atoms with E-state index in [0.717, 1.165) is 24.3 Å². The van der Waals surface area contributed by atoms with Crippen LogP contribution in [0.3, 0.4) is 0 Å². The van der Waals surface area contributed by atoms with Crippen LogP contribution in [0.1, 0.15) is 6.92 Å².